The van der Waals surface area contributed by atoms with Gasteiger partial charge in [-0.1, -0.05) is 30.3 Å². The molecule has 0 N–H and O–H groups in total. The maximum absolute atomic E-state index is 12.4. The molecule has 0 amide bonds. The van der Waals surface area contributed by atoms with Gasteiger partial charge in [-0.2, -0.15) is 13.2 Å². The van der Waals surface area contributed by atoms with Crippen LogP contribution in [0.4, 0.5) is 13.2 Å². The summed E-state index contributed by atoms with van der Waals surface area (Å²) in [5.41, 5.74) is 0.965. The first-order valence-electron chi connectivity index (χ1n) is 4.87. The molecular formula is C11H13F3N+. The monoisotopic (exact) mass is 216 g/mol. The number of hydrogen-bond acceptors (Lipinski definition) is 0. The average Bonchev–Trinajstić information content (AvgIpc) is 2.79. The van der Waals surface area contributed by atoms with Crippen LogP contribution in [0.15, 0.2) is 30.3 Å². The van der Waals surface area contributed by atoms with Crippen LogP contribution in [0.3, 0.4) is 0 Å². The Hall–Kier alpha value is -1.03. The Morgan fingerprint density at radius 2 is 1.87 bits per heavy atom. The van der Waals surface area contributed by atoms with Crippen LogP contribution in [0, 0.1) is 0 Å². The van der Waals surface area contributed by atoms with Crippen LogP contribution in [0.2, 0.25) is 0 Å². The third-order valence-electron chi connectivity index (χ3n) is 2.97. The number of nitrogens with zero attached hydrogens (tertiary/aromatic N) is 1. The summed E-state index contributed by atoms with van der Waals surface area (Å²) >= 11 is 0. The highest BCUT2D eigenvalue weighted by Gasteiger charge is 2.66. The molecule has 1 unspecified atom stereocenters. The van der Waals surface area contributed by atoms with Crippen LogP contribution in [0.1, 0.15) is 5.56 Å². The van der Waals surface area contributed by atoms with Gasteiger partial charge in [0.25, 0.3) is 0 Å². The van der Waals surface area contributed by atoms with Crippen molar-refractivity contribution in [2.45, 2.75) is 18.8 Å². The third-order valence-corrected chi connectivity index (χ3v) is 2.97. The van der Waals surface area contributed by atoms with Gasteiger partial charge in [0.15, 0.2) is 0 Å². The van der Waals surface area contributed by atoms with Gasteiger partial charge in [-0.05, 0) is 0 Å². The van der Waals surface area contributed by atoms with Crippen molar-refractivity contribution in [3.63, 3.8) is 0 Å². The van der Waals surface area contributed by atoms with Gasteiger partial charge in [-0.3, -0.25) is 0 Å². The van der Waals surface area contributed by atoms with Crippen LogP contribution in [-0.2, 0) is 6.54 Å². The molecule has 0 bridgehead atoms. The highest BCUT2D eigenvalue weighted by atomic mass is 19.4. The predicted octanol–water partition coefficient (Wildman–Crippen LogP) is 2.58. The van der Waals surface area contributed by atoms with Crippen LogP contribution >= 0.6 is 0 Å². The van der Waals surface area contributed by atoms with Crippen molar-refractivity contribution in [3.05, 3.63) is 35.9 Å². The van der Waals surface area contributed by atoms with Gasteiger partial charge in [0.05, 0.1) is 7.05 Å². The molecule has 1 heterocycles. The molecule has 4 heteroatoms. The number of alkyl halides is 3. The summed E-state index contributed by atoms with van der Waals surface area (Å²) in [5, 5.41) is 0. The molecule has 2 rings (SSSR count). The molecule has 0 spiro atoms. The lowest BCUT2D eigenvalue weighted by molar-refractivity contribution is -0.815. The minimum Gasteiger partial charge on any atom is -0.302 e. The third kappa shape index (κ3) is 2.15. The van der Waals surface area contributed by atoms with Crippen LogP contribution in [0.5, 0.6) is 0 Å². The molecule has 1 aromatic carbocycles. The fraction of sp³-hybridized carbons (Fsp3) is 0.455. The normalized spacial score (nSPS) is 30.3. The van der Waals surface area contributed by atoms with Crippen LogP contribution < -0.4 is 0 Å². The molecule has 82 valence electrons. The quantitative estimate of drug-likeness (QED) is 0.526. The maximum Gasteiger partial charge on any atom is 0.447 e. The second kappa shape index (κ2) is 3.23. The van der Waals surface area contributed by atoms with Crippen molar-refractivity contribution in [3.8, 4) is 0 Å². The van der Waals surface area contributed by atoms with Crippen molar-refractivity contribution in [2.24, 2.45) is 0 Å². The number of hydrogen-bond donors (Lipinski definition) is 0. The number of benzene rings is 1. The average molecular weight is 216 g/mol. The van der Waals surface area contributed by atoms with Gasteiger partial charge < -0.3 is 4.48 Å². The predicted molar refractivity (Wildman–Crippen MR) is 51.0 cm³/mol. The number of halogens is 3. The van der Waals surface area contributed by atoms with Crippen LogP contribution in [-0.4, -0.2) is 30.3 Å². The smallest absolute Gasteiger partial charge is 0.302 e. The first-order valence-corrected chi connectivity index (χ1v) is 4.87. The Bertz CT molecular complexity index is 347. The Labute approximate surface area is 86.7 Å². The lowest BCUT2D eigenvalue weighted by Crippen LogP contribution is -2.31. The van der Waals surface area contributed by atoms with E-state index in [2.05, 4.69) is 0 Å². The lowest BCUT2D eigenvalue weighted by atomic mass is 10.2. The molecule has 0 saturated carbocycles. The molecule has 0 radical (unpaired) electrons. The molecule has 1 fully saturated rings. The highest BCUT2D eigenvalue weighted by molar-refractivity contribution is 5.14. The highest BCUT2D eigenvalue weighted by Crippen LogP contribution is 2.42. The summed E-state index contributed by atoms with van der Waals surface area (Å²) in [4.78, 5) is 0. The Morgan fingerprint density at radius 1 is 1.27 bits per heavy atom. The van der Waals surface area contributed by atoms with Gasteiger partial charge in [0, 0.05) is 5.56 Å². The van der Waals surface area contributed by atoms with E-state index in [1.54, 1.807) is 7.05 Å². The van der Waals surface area contributed by atoms with Crippen molar-refractivity contribution < 1.29 is 17.7 Å². The SMILES string of the molecule is C[N+]1(Cc2ccccc2)C[C@@H]1C(F)(F)F. The van der Waals surface area contributed by atoms with Crippen molar-refractivity contribution in [1.29, 1.82) is 0 Å². The molecule has 1 aliphatic rings. The molecule has 1 nitrogen and oxygen atoms in total. The molecular weight excluding hydrogens is 203 g/mol. The van der Waals surface area contributed by atoms with E-state index in [9.17, 15) is 13.2 Å². The van der Waals surface area contributed by atoms with Crippen LogP contribution in [0.25, 0.3) is 0 Å². The molecule has 0 aromatic heterocycles. The zero-order valence-corrected chi connectivity index (χ0v) is 8.46. The van der Waals surface area contributed by atoms with E-state index in [0.717, 1.165) is 5.56 Å². The first-order chi connectivity index (χ1) is 6.92. The Morgan fingerprint density at radius 3 is 2.33 bits per heavy atom. The molecule has 15 heavy (non-hydrogen) atoms. The van der Waals surface area contributed by atoms with Crippen molar-refractivity contribution in [2.75, 3.05) is 13.6 Å². The van der Waals surface area contributed by atoms with Gasteiger partial charge in [-0.15, -0.1) is 0 Å². The maximum atomic E-state index is 12.4. The van der Waals surface area contributed by atoms with Crippen molar-refractivity contribution in [1.82, 2.24) is 0 Å². The van der Waals surface area contributed by atoms with E-state index in [-0.39, 0.29) is 11.0 Å². The molecule has 0 aliphatic carbocycles. The summed E-state index contributed by atoms with van der Waals surface area (Å²) in [5.74, 6) is 0. The van der Waals surface area contributed by atoms with E-state index in [1.807, 2.05) is 30.3 Å². The summed E-state index contributed by atoms with van der Waals surface area (Å²) in [7, 11) is 1.66. The van der Waals surface area contributed by atoms with Crippen molar-refractivity contribution >= 4 is 0 Å². The summed E-state index contributed by atoms with van der Waals surface area (Å²) < 4.78 is 37.4. The fourth-order valence-electron chi connectivity index (χ4n) is 1.98. The van der Waals surface area contributed by atoms with E-state index in [4.69, 9.17) is 0 Å². The summed E-state index contributed by atoms with van der Waals surface area (Å²) in [6.45, 7) is 0.670. The summed E-state index contributed by atoms with van der Waals surface area (Å²) in [6.07, 6.45) is -4.05. The fourth-order valence-corrected chi connectivity index (χ4v) is 1.98. The molecule has 2 atom stereocenters. The molecule has 1 aromatic rings. The Kier molecular flexibility index (Phi) is 2.26. The second-order valence-electron chi connectivity index (χ2n) is 4.36. The minimum absolute atomic E-state index is 0.0908. The van der Waals surface area contributed by atoms with Gasteiger partial charge >= 0.3 is 6.18 Å². The number of quaternary nitrogens is 1. The number of likely N-dealkylation sites (N-methyl/N-ethyl adjacent to an activating group) is 1. The molecule has 1 saturated heterocycles. The molecule has 1 aliphatic heterocycles. The van der Waals surface area contributed by atoms with Gasteiger partial charge in [0.2, 0.25) is 6.04 Å². The largest absolute Gasteiger partial charge is 0.447 e. The van der Waals surface area contributed by atoms with Gasteiger partial charge in [-0.25, -0.2) is 0 Å². The topological polar surface area (TPSA) is 0 Å². The zero-order valence-electron chi connectivity index (χ0n) is 8.46. The lowest BCUT2D eigenvalue weighted by Gasteiger charge is -2.15. The first kappa shape index (κ1) is 10.5. The zero-order chi connectivity index (χ0) is 11.1. The van der Waals surface area contributed by atoms with E-state index in [1.165, 1.54) is 0 Å². The van der Waals surface area contributed by atoms with E-state index in [0.29, 0.717) is 6.54 Å². The summed E-state index contributed by atoms with van der Waals surface area (Å²) in [6, 6.07) is 8.15. The second-order valence-corrected chi connectivity index (χ2v) is 4.36. The standard InChI is InChI=1S/C11H13F3N/c1-15(8-10(15)11(12,13)14)7-9-5-3-2-4-6-9/h2-6,10H,7-8H2,1H3/q+1/t10-,15?/m1/s1. The number of rotatable bonds is 2. The van der Waals surface area contributed by atoms with Gasteiger partial charge in [0.1, 0.15) is 13.1 Å². The van der Waals surface area contributed by atoms with E-state index < -0.39 is 12.2 Å². The Balaban J connectivity index is 2.04. The van der Waals surface area contributed by atoms with E-state index >= 15 is 0 Å². The minimum atomic E-state index is -4.05.